The third-order valence-corrected chi connectivity index (χ3v) is 5.61. The maximum atomic E-state index is 12.3. The summed E-state index contributed by atoms with van der Waals surface area (Å²) in [6, 6.07) is 7.22. The van der Waals surface area contributed by atoms with Gasteiger partial charge in [0, 0.05) is 37.7 Å². The van der Waals surface area contributed by atoms with E-state index in [-0.39, 0.29) is 12.5 Å². The minimum atomic E-state index is -0.961. The fourth-order valence-corrected chi connectivity index (χ4v) is 3.47. The predicted molar refractivity (Wildman–Crippen MR) is 105 cm³/mol. The molecule has 0 aliphatic carbocycles. The smallest absolute Gasteiger partial charge is 0.322 e. The average Bonchev–Trinajstić information content (AvgIpc) is 2.89. The van der Waals surface area contributed by atoms with E-state index >= 15 is 0 Å². The lowest BCUT2D eigenvalue weighted by atomic mass is 10.00. The molecule has 4 amide bonds. The van der Waals surface area contributed by atoms with Gasteiger partial charge in [0.2, 0.25) is 0 Å². The molecule has 2 aliphatic rings. The maximum absolute atomic E-state index is 12.3. The molecule has 8 nitrogen and oxygen atoms in total. The van der Waals surface area contributed by atoms with Crippen molar-refractivity contribution in [2.45, 2.75) is 32.4 Å². The number of rotatable bonds is 6. The van der Waals surface area contributed by atoms with E-state index in [2.05, 4.69) is 15.6 Å². The number of piperazine rings is 1. The Hall–Kier alpha value is -2.16. The van der Waals surface area contributed by atoms with Crippen molar-refractivity contribution in [2.24, 2.45) is 0 Å². The molecule has 0 bridgehead atoms. The summed E-state index contributed by atoms with van der Waals surface area (Å²) in [5, 5.41) is 4.14. The Morgan fingerprint density at radius 3 is 2.32 bits per heavy atom. The Morgan fingerprint density at radius 2 is 1.75 bits per heavy atom. The van der Waals surface area contributed by atoms with Crippen molar-refractivity contribution >= 4 is 29.4 Å². The van der Waals surface area contributed by atoms with Gasteiger partial charge >= 0.3 is 6.03 Å². The lowest BCUT2D eigenvalue weighted by Gasteiger charge is -2.34. The molecule has 1 unspecified atom stereocenters. The number of hydrogen-bond acceptors (Lipinski definition) is 5. The van der Waals surface area contributed by atoms with E-state index in [1.54, 1.807) is 6.92 Å². The van der Waals surface area contributed by atoms with Gasteiger partial charge in [-0.15, -0.1) is 0 Å². The predicted octanol–water partition coefficient (Wildman–Crippen LogP) is 1.21. The van der Waals surface area contributed by atoms with Gasteiger partial charge in [0.25, 0.3) is 11.8 Å². The highest BCUT2D eigenvalue weighted by molar-refractivity contribution is 6.30. The molecule has 9 heteroatoms. The molecule has 2 fully saturated rings. The second-order valence-electron chi connectivity index (χ2n) is 7.47. The molecule has 2 aliphatic heterocycles. The molecule has 152 valence electrons. The summed E-state index contributed by atoms with van der Waals surface area (Å²) in [5.74, 6) is -0.795. The number of hydrazine groups is 1. The van der Waals surface area contributed by atoms with Gasteiger partial charge in [-0.05, 0) is 31.0 Å². The standard InChI is InChI=1S/C19H26ClN5O3/c1-3-19(2)17(27)25(18(28)21-19)22-16(26)13-24-10-8-23(9-11-24)12-14-4-6-15(20)7-5-14/h4-7H,3,8-13H2,1-2H3,(H,21,28)(H,22,26). The minimum absolute atomic E-state index is 0.148. The number of amides is 4. The SMILES string of the molecule is CCC1(C)NC(=O)N(NC(=O)CN2CCN(Cc3ccc(Cl)cc3)CC2)C1=O. The molecule has 28 heavy (non-hydrogen) atoms. The van der Waals surface area contributed by atoms with E-state index in [0.717, 1.165) is 42.8 Å². The summed E-state index contributed by atoms with van der Waals surface area (Å²) in [6.45, 7) is 7.62. The van der Waals surface area contributed by atoms with Crippen LogP contribution < -0.4 is 10.7 Å². The van der Waals surface area contributed by atoms with E-state index in [9.17, 15) is 14.4 Å². The molecular weight excluding hydrogens is 382 g/mol. The van der Waals surface area contributed by atoms with Crippen molar-refractivity contribution in [1.82, 2.24) is 25.6 Å². The molecular formula is C19H26ClN5O3. The highest BCUT2D eigenvalue weighted by atomic mass is 35.5. The fourth-order valence-electron chi connectivity index (χ4n) is 3.34. The summed E-state index contributed by atoms with van der Waals surface area (Å²) in [7, 11) is 0. The Labute approximate surface area is 169 Å². The van der Waals surface area contributed by atoms with Crippen LogP contribution in [0.15, 0.2) is 24.3 Å². The first-order valence-electron chi connectivity index (χ1n) is 9.46. The number of hydrogen-bond donors (Lipinski definition) is 2. The molecule has 2 N–H and O–H groups in total. The summed E-state index contributed by atoms with van der Waals surface area (Å²) >= 11 is 5.92. The van der Waals surface area contributed by atoms with Gasteiger partial charge in [0.1, 0.15) is 5.54 Å². The lowest BCUT2D eigenvalue weighted by molar-refractivity contribution is -0.139. The Bertz CT molecular complexity index is 748. The van der Waals surface area contributed by atoms with E-state index < -0.39 is 17.5 Å². The zero-order valence-electron chi connectivity index (χ0n) is 16.2. The average molecular weight is 408 g/mol. The molecule has 0 spiro atoms. The van der Waals surface area contributed by atoms with Gasteiger partial charge in [0.15, 0.2) is 0 Å². The van der Waals surface area contributed by atoms with Crippen molar-refractivity contribution in [1.29, 1.82) is 0 Å². The number of nitrogens with one attached hydrogen (secondary N) is 2. The van der Waals surface area contributed by atoms with Gasteiger partial charge in [-0.2, -0.15) is 5.01 Å². The third-order valence-electron chi connectivity index (χ3n) is 5.36. The van der Waals surface area contributed by atoms with Gasteiger partial charge in [-0.25, -0.2) is 4.79 Å². The molecule has 1 atom stereocenters. The van der Waals surface area contributed by atoms with E-state index in [1.807, 2.05) is 36.1 Å². The van der Waals surface area contributed by atoms with Crippen LogP contribution in [-0.4, -0.2) is 70.9 Å². The van der Waals surface area contributed by atoms with Gasteiger partial charge in [0.05, 0.1) is 6.54 Å². The zero-order valence-corrected chi connectivity index (χ0v) is 17.0. The normalized spacial score (nSPS) is 23.8. The fraction of sp³-hybridized carbons (Fsp3) is 0.526. The second-order valence-corrected chi connectivity index (χ2v) is 7.91. The highest BCUT2D eigenvalue weighted by Gasteiger charge is 2.47. The second kappa shape index (κ2) is 8.46. The third kappa shape index (κ3) is 4.63. The molecule has 2 heterocycles. The van der Waals surface area contributed by atoms with Crippen molar-refractivity contribution in [3.63, 3.8) is 0 Å². The number of carbonyl (C=O) groups is 3. The Morgan fingerprint density at radius 1 is 1.14 bits per heavy atom. The van der Waals surface area contributed by atoms with Crippen LogP contribution in [0.1, 0.15) is 25.8 Å². The summed E-state index contributed by atoms with van der Waals surface area (Å²) in [4.78, 5) is 41.0. The molecule has 0 radical (unpaired) electrons. The molecule has 3 rings (SSSR count). The Balaban J connectivity index is 1.44. The largest absolute Gasteiger partial charge is 0.344 e. The molecule has 1 aromatic carbocycles. The molecule has 1 aromatic rings. The zero-order chi connectivity index (χ0) is 20.3. The monoisotopic (exact) mass is 407 g/mol. The van der Waals surface area contributed by atoms with Crippen molar-refractivity contribution in [3.05, 3.63) is 34.9 Å². The number of carbonyl (C=O) groups excluding carboxylic acids is 3. The minimum Gasteiger partial charge on any atom is -0.322 e. The summed E-state index contributed by atoms with van der Waals surface area (Å²) < 4.78 is 0. The number of urea groups is 1. The quantitative estimate of drug-likeness (QED) is 0.692. The molecule has 2 saturated heterocycles. The van der Waals surface area contributed by atoms with E-state index in [4.69, 9.17) is 11.6 Å². The van der Waals surface area contributed by atoms with Gasteiger partial charge in [-0.1, -0.05) is 30.7 Å². The van der Waals surface area contributed by atoms with Crippen LogP contribution in [0, 0.1) is 0 Å². The van der Waals surface area contributed by atoms with Crippen LogP contribution in [0.4, 0.5) is 4.79 Å². The number of halogens is 1. The van der Waals surface area contributed by atoms with Crippen LogP contribution in [0.25, 0.3) is 0 Å². The van der Waals surface area contributed by atoms with E-state index in [1.165, 1.54) is 5.56 Å². The van der Waals surface area contributed by atoms with Crippen molar-refractivity contribution < 1.29 is 14.4 Å². The number of imide groups is 1. The van der Waals surface area contributed by atoms with E-state index in [0.29, 0.717) is 6.42 Å². The van der Waals surface area contributed by atoms with Crippen LogP contribution in [0.2, 0.25) is 5.02 Å². The van der Waals surface area contributed by atoms with Crippen LogP contribution in [0.5, 0.6) is 0 Å². The first-order chi connectivity index (χ1) is 13.3. The van der Waals surface area contributed by atoms with Gasteiger partial charge < -0.3 is 5.32 Å². The van der Waals surface area contributed by atoms with Crippen molar-refractivity contribution in [2.75, 3.05) is 32.7 Å². The number of benzene rings is 1. The first kappa shape index (κ1) is 20.6. The van der Waals surface area contributed by atoms with Crippen molar-refractivity contribution in [3.8, 4) is 0 Å². The first-order valence-corrected chi connectivity index (χ1v) is 9.84. The summed E-state index contributed by atoms with van der Waals surface area (Å²) in [6.07, 6.45) is 0.458. The lowest BCUT2D eigenvalue weighted by Crippen LogP contribution is -2.53. The van der Waals surface area contributed by atoms with Crippen LogP contribution >= 0.6 is 11.6 Å². The summed E-state index contributed by atoms with van der Waals surface area (Å²) in [5.41, 5.74) is 2.68. The highest BCUT2D eigenvalue weighted by Crippen LogP contribution is 2.19. The molecule has 0 saturated carbocycles. The van der Waals surface area contributed by atoms with Crippen LogP contribution in [0.3, 0.4) is 0 Å². The van der Waals surface area contributed by atoms with Gasteiger partial charge in [-0.3, -0.25) is 24.8 Å². The molecule has 0 aromatic heterocycles. The topological polar surface area (TPSA) is 85.0 Å². The Kier molecular flexibility index (Phi) is 6.22. The number of nitrogens with zero attached hydrogens (tertiary/aromatic N) is 3. The maximum Gasteiger partial charge on any atom is 0.344 e. The van der Waals surface area contributed by atoms with Crippen LogP contribution in [-0.2, 0) is 16.1 Å².